The minimum absolute atomic E-state index is 0.351. The summed E-state index contributed by atoms with van der Waals surface area (Å²) >= 11 is 6.02. The highest BCUT2D eigenvalue weighted by Gasteiger charge is 2.20. The molecule has 1 aromatic carbocycles. The Bertz CT molecular complexity index is 526. The Morgan fingerprint density at radius 1 is 1.27 bits per heavy atom. The maximum absolute atomic E-state index is 11.5. The zero-order valence-electron chi connectivity index (χ0n) is 13.5. The number of alkyl carbamates (subject to hydrolysis) is 1. The van der Waals surface area contributed by atoms with Crippen LogP contribution in [0.15, 0.2) is 18.2 Å². The van der Waals surface area contributed by atoms with Crippen LogP contribution in [0.1, 0.15) is 38.3 Å². The van der Waals surface area contributed by atoms with Crippen LogP contribution in [0, 0.1) is 0 Å². The van der Waals surface area contributed by atoms with Gasteiger partial charge in [0.15, 0.2) is 0 Å². The van der Waals surface area contributed by atoms with Crippen molar-refractivity contribution >= 4 is 17.7 Å². The summed E-state index contributed by atoms with van der Waals surface area (Å²) in [4.78, 5) is 11.5. The minimum Gasteiger partial charge on any atom is -0.444 e. The Balaban J connectivity index is 1.60. The molecule has 0 saturated heterocycles. The lowest BCUT2D eigenvalue weighted by atomic mass is 10.1. The SMILES string of the molecule is CC(C)(C)OC(=O)NCCCNC1Cc2ccc(Cl)cc2C1. The van der Waals surface area contributed by atoms with E-state index in [-0.39, 0.29) is 6.09 Å². The first kappa shape index (κ1) is 17.1. The minimum atomic E-state index is -0.445. The van der Waals surface area contributed by atoms with Gasteiger partial charge < -0.3 is 15.4 Å². The molecule has 1 unspecified atom stereocenters. The molecule has 0 radical (unpaired) electrons. The van der Waals surface area contributed by atoms with Gasteiger partial charge in [0.25, 0.3) is 0 Å². The van der Waals surface area contributed by atoms with Crippen molar-refractivity contribution in [3.63, 3.8) is 0 Å². The first-order valence-electron chi connectivity index (χ1n) is 7.81. The third kappa shape index (κ3) is 5.50. The van der Waals surface area contributed by atoms with Crippen molar-refractivity contribution in [3.8, 4) is 0 Å². The number of benzene rings is 1. The zero-order valence-corrected chi connectivity index (χ0v) is 14.3. The normalized spacial score (nSPS) is 17.2. The van der Waals surface area contributed by atoms with Gasteiger partial charge in [0.05, 0.1) is 0 Å². The highest BCUT2D eigenvalue weighted by atomic mass is 35.5. The molecule has 0 saturated carbocycles. The number of amides is 1. The molecule has 1 aromatic rings. The van der Waals surface area contributed by atoms with E-state index >= 15 is 0 Å². The second kappa shape index (κ2) is 7.34. The quantitative estimate of drug-likeness (QED) is 0.817. The fourth-order valence-corrected chi connectivity index (χ4v) is 2.82. The van der Waals surface area contributed by atoms with Crippen molar-refractivity contribution in [1.82, 2.24) is 10.6 Å². The summed E-state index contributed by atoms with van der Waals surface area (Å²) in [5.74, 6) is 0. The van der Waals surface area contributed by atoms with Crippen molar-refractivity contribution in [2.75, 3.05) is 13.1 Å². The fraction of sp³-hybridized carbons (Fsp3) is 0.588. The van der Waals surface area contributed by atoms with Gasteiger partial charge in [0, 0.05) is 17.6 Å². The number of carbonyl (C=O) groups excluding carboxylic acids is 1. The maximum Gasteiger partial charge on any atom is 0.407 e. The van der Waals surface area contributed by atoms with Gasteiger partial charge in [-0.25, -0.2) is 4.79 Å². The van der Waals surface area contributed by atoms with Crippen molar-refractivity contribution < 1.29 is 9.53 Å². The van der Waals surface area contributed by atoms with E-state index in [0.717, 1.165) is 30.8 Å². The summed E-state index contributed by atoms with van der Waals surface area (Å²) < 4.78 is 5.19. The van der Waals surface area contributed by atoms with E-state index in [1.54, 1.807) is 0 Å². The second-order valence-electron chi connectivity index (χ2n) is 6.75. The van der Waals surface area contributed by atoms with Gasteiger partial charge in [-0.3, -0.25) is 0 Å². The number of fused-ring (bicyclic) bond motifs is 1. The molecule has 122 valence electrons. The molecule has 0 bridgehead atoms. The molecular weight excluding hydrogens is 300 g/mol. The number of nitrogens with one attached hydrogen (secondary N) is 2. The van der Waals surface area contributed by atoms with Crippen LogP contribution >= 0.6 is 11.6 Å². The monoisotopic (exact) mass is 324 g/mol. The third-order valence-corrected chi connectivity index (χ3v) is 3.79. The van der Waals surface area contributed by atoms with E-state index in [4.69, 9.17) is 16.3 Å². The van der Waals surface area contributed by atoms with E-state index < -0.39 is 5.60 Å². The van der Waals surface area contributed by atoms with Crippen LogP contribution in [0.2, 0.25) is 5.02 Å². The van der Waals surface area contributed by atoms with Crippen LogP contribution in [0.4, 0.5) is 4.79 Å². The molecule has 0 heterocycles. The van der Waals surface area contributed by atoms with Gasteiger partial charge in [-0.2, -0.15) is 0 Å². The molecule has 2 rings (SSSR count). The Hall–Kier alpha value is -1.26. The second-order valence-corrected chi connectivity index (χ2v) is 7.19. The van der Waals surface area contributed by atoms with E-state index in [1.165, 1.54) is 11.1 Å². The molecule has 4 nitrogen and oxygen atoms in total. The van der Waals surface area contributed by atoms with Gasteiger partial charge in [-0.15, -0.1) is 0 Å². The Morgan fingerprint density at radius 2 is 2.00 bits per heavy atom. The number of rotatable bonds is 5. The average molecular weight is 325 g/mol. The standard InChI is InChI=1S/C17H25ClN2O2/c1-17(2,3)22-16(21)20-8-4-7-19-15-10-12-5-6-14(18)9-13(12)11-15/h5-6,9,15,19H,4,7-8,10-11H2,1-3H3,(H,20,21). The number of halogens is 1. The maximum atomic E-state index is 11.5. The van der Waals surface area contributed by atoms with Crippen molar-refractivity contribution in [2.45, 2.75) is 51.7 Å². The highest BCUT2D eigenvalue weighted by molar-refractivity contribution is 6.30. The van der Waals surface area contributed by atoms with E-state index in [0.29, 0.717) is 12.6 Å². The summed E-state index contributed by atoms with van der Waals surface area (Å²) in [6.07, 6.45) is 2.60. The number of hydrogen-bond donors (Lipinski definition) is 2. The van der Waals surface area contributed by atoms with Crippen LogP contribution < -0.4 is 10.6 Å². The van der Waals surface area contributed by atoms with Gasteiger partial charge in [0.2, 0.25) is 0 Å². The zero-order chi connectivity index (χ0) is 16.2. The molecule has 1 atom stereocenters. The lowest BCUT2D eigenvalue weighted by molar-refractivity contribution is 0.0527. The largest absolute Gasteiger partial charge is 0.444 e. The Kier molecular flexibility index (Phi) is 5.70. The predicted molar refractivity (Wildman–Crippen MR) is 89.5 cm³/mol. The first-order valence-corrected chi connectivity index (χ1v) is 8.19. The molecule has 0 fully saturated rings. The van der Waals surface area contributed by atoms with Gasteiger partial charge in [-0.1, -0.05) is 17.7 Å². The lowest BCUT2D eigenvalue weighted by Gasteiger charge is -2.19. The van der Waals surface area contributed by atoms with Crippen LogP contribution in [-0.2, 0) is 17.6 Å². The number of hydrogen-bond acceptors (Lipinski definition) is 3. The van der Waals surface area contributed by atoms with Gasteiger partial charge in [0.1, 0.15) is 5.60 Å². The topological polar surface area (TPSA) is 50.4 Å². The summed E-state index contributed by atoms with van der Waals surface area (Å²) in [6, 6.07) is 6.59. The predicted octanol–water partition coefficient (Wildman–Crippen LogP) is 3.31. The molecule has 0 spiro atoms. The van der Waals surface area contributed by atoms with Crippen molar-refractivity contribution in [2.24, 2.45) is 0 Å². The average Bonchev–Trinajstić information content (AvgIpc) is 2.78. The summed E-state index contributed by atoms with van der Waals surface area (Å²) in [7, 11) is 0. The molecule has 5 heteroatoms. The smallest absolute Gasteiger partial charge is 0.407 e. The van der Waals surface area contributed by atoms with Gasteiger partial charge in [-0.05, 0) is 69.8 Å². The molecule has 1 aliphatic rings. The van der Waals surface area contributed by atoms with Gasteiger partial charge >= 0.3 is 6.09 Å². The Labute approximate surface area is 137 Å². The third-order valence-electron chi connectivity index (χ3n) is 3.56. The molecule has 0 aliphatic heterocycles. The van der Waals surface area contributed by atoms with Crippen LogP contribution in [0.5, 0.6) is 0 Å². The van der Waals surface area contributed by atoms with E-state index in [9.17, 15) is 4.79 Å². The Morgan fingerprint density at radius 3 is 2.73 bits per heavy atom. The highest BCUT2D eigenvalue weighted by Crippen LogP contribution is 2.25. The molecule has 1 aliphatic carbocycles. The molecule has 2 N–H and O–H groups in total. The molecule has 1 amide bonds. The number of carbonyl (C=O) groups is 1. The lowest BCUT2D eigenvalue weighted by Crippen LogP contribution is -2.35. The van der Waals surface area contributed by atoms with Crippen molar-refractivity contribution in [1.29, 1.82) is 0 Å². The summed E-state index contributed by atoms with van der Waals surface area (Å²) in [5.41, 5.74) is 2.28. The fourth-order valence-electron chi connectivity index (χ4n) is 2.63. The van der Waals surface area contributed by atoms with E-state index in [2.05, 4.69) is 22.8 Å². The molecular formula is C17H25ClN2O2. The number of ether oxygens (including phenoxy) is 1. The molecule has 22 heavy (non-hydrogen) atoms. The van der Waals surface area contributed by atoms with Crippen molar-refractivity contribution in [3.05, 3.63) is 34.3 Å². The van der Waals surface area contributed by atoms with E-state index in [1.807, 2.05) is 26.8 Å². The van der Waals surface area contributed by atoms with Crippen LogP contribution in [-0.4, -0.2) is 30.8 Å². The first-order chi connectivity index (χ1) is 10.3. The summed E-state index contributed by atoms with van der Waals surface area (Å²) in [5, 5.41) is 7.11. The van der Waals surface area contributed by atoms with Crippen LogP contribution in [0.3, 0.4) is 0 Å². The molecule has 0 aromatic heterocycles. The summed E-state index contributed by atoms with van der Waals surface area (Å²) in [6.45, 7) is 7.07. The van der Waals surface area contributed by atoms with Crippen LogP contribution in [0.25, 0.3) is 0 Å².